The molecule has 0 saturated carbocycles. The zero-order chi connectivity index (χ0) is 21.3. The minimum absolute atomic E-state index is 0. The van der Waals surface area contributed by atoms with Crippen LogP contribution in [0, 0.1) is 0 Å². The summed E-state index contributed by atoms with van der Waals surface area (Å²) in [7, 11) is 6.86. The summed E-state index contributed by atoms with van der Waals surface area (Å²) >= 11 is 0. The number of anilines is 1. The third-order valence-electron chi connectivity index (χ3n) is 5.36. The van der Waals surface area contributed by atoms with Gasteiger partial charge in [0.25, 0.3) is 0 Å². The first-order chi connectivity index (χ1) is 14.7. The van der Waals surface area contributed by atoms with Crippen molar-refractivity contribution in [2.24, 2.45) is 4.99 Å². The Balaban J connectivity index is 0.00000341. The van der Waals surface area contributed by atoms with Gasteiger partial charge in [0.1, 0.15) is 11.5 Å². The molecule has 170 valence electrons. The fourth-order valence-corrected chi connectivity index (χ4v) is 3.67. The first kappa shape index (κ1) is 25.1. The molecule has 1 aliphatic heterocycles. The van der Waals surface area contributed by atoms with Crippen molar-refractivity contribution < 1.29 is 14.2 Å². The average molecular weight is 540 g/mol. The van der Waals surface area contributed by atoms with Crippen molar-refractivity contribution in [3.63, 3.8) is 0 Å². The van der Waals surface area contributed by atoms with Crippen LogP contribution in [0.4, 0.5) is 5.69 Å². The molecule has 2 aromatic carbocycles. The van der Waals surface area contributed by atoms with Crippen molar-refractivity contribution in [1.29, 1.82) is 0 Å². The number of ether oxygens (including phenoxy) is 3. The Morgan fingerprint density at radius 3 is 2.35 bits per heavy atom. The summed E-state index contributed by atoms with van der Waals surface area (Å²) in [5.41, 5.74) is 2.24. The molecule has 3 rings (SSSR count). The van der Waals surface area contributed by atoms with E-state index in [0.717, 1.165) is 48.2 Å². The van der Waals surface area contributed by atoms with Crippen molar-refractivity contribution >= 4 is 35.6 Å². The maximum Gasteiger partial charge on any atom is 0.191 e. The summed E-state index contributed by atoms with van der Waals surface area (Å²) in [5.74, 6) is 2.37. The van der Waals surface area contributed by atoms with Crippen LogP contribution in [-0.4, -0.2) is 60.0 Å². The number of guanidine groups is 1. The molecule has 0 amide bonds. The van der Waals surface area contributed by atoms with Crippen LogP contribution in [0.25, 0.3) is 0 Å². The first-order valence-electron chi connectivity index (χ1n) is 10.2. The number of hydrogen-bond acceptors (Lipinski definition) is 5. The van der Waals surface area contributed by atoms with E-state index in [0.29, 0.717) is 12.6 Å². The summed E-state index contributed by atoms with van der Waals surface area (Å²) in [5, 5.41) is 6.92. The monoisotopic (exact) mass is 540 g/mol. The Labute approximate surface area is 202 Å². The highest BCUT2D eigenvalue weighted by Crippen LogP contribution is 2.30. The van der Waals surface area contributed by atoms with Crippen LogP contribution in [0.1, 0.15) is 18.1 Å². The predicted octanol–water partition coefficient (Wildman–Crippen LogP) is 3.45. The van der Waals surface area contributed by atoms with Crippen LogP contribution in [-0.2, 0) is 4.74 Å². The molecule has 0 bridgehead atoms. The molecule has 1 fully saturated rings. The van der Waals surface area contributed by atoms with E-state index in [1.807, 2.05) is 36.4 Å². The fourth-order valence-electron chi connectivity index (χ4n) is 3.67. The van der Waals surface area contributed by atoms with Gasteiger partial charge < -0.3 is 29.7 Å². The zero-order valence-corrected chi connectivity index (χ0v) is 21.0. The molecule has 2 aromatic rings. The highest BCUT2D eigenvalue weighted by atomic mass is 127. The Morgan fingerprint density at radius 2 is 1.77 bits per heavy atom. The highest BCUT2D eigenvalue weighted by Gasteiger charge is 2.24. The van der Waals surface area contributed by atoms with Gasteiger partial charge in [-0.05, 0) is 12.0 Å². The number of rotatable bonds is 8. The van der Waals surface area contributed by atoms with Crippen molar-refractivity contribution in [2.75, 3.05) is 52.9 Å². The molecule has 1 saturated heterocycles. The molecule has 0 aliphatic carbocycles. The predicted molar refractivity (Wildman–Crippen MR) is 136 cm³/mol. The van der Waals surface area contributed by atoms with Gasteiger partial charge in [-0.1, -0.05) is 30.3 Å². The maximum atomic E-state index is 5.64. The zero-order valence-electron chi connectivity index (χ0n) is 18.6. The van der Waals surface area contributed by atoms with Crippen LogP contribution >= 0.6 is 24.0 Å². The van der Waals surface area contributed by atoms with Gasteiger partial charge in [0.2, 0.25) is 0 Å². The van der Waals surface area contributed by atoms with Crippen LogP contribution in [0.3, 0.4) is 0 Å². The second kappa shape index (κ2) is 12.6. The van der Waals surface area contributed by atoms with Gasteiger partial charge in [0.05, 0.1) is 20.3 Å². The Kier molecular flexibility index (Phi) is 10.2. The molecule has 2 unspecified atom stereocenters. The van der Waals surface area contributed by atoms with Gasteiger partial charge >= 0.3 is 0 Å². The van der Waals surface area contributed by atoms with E-state index in [1.54, 1.807) is 28.4 Å². The highest BCUT2D eigenvalue weighted by molar-refractivity contribution is 14.0. The SMILES string of the molecule is CN=C(NCC(OC)c1ccccc1)NC1CCN(c2cc(OC)cc(OC)c2)C1.I. The van der Waals surface area contributed by atoms with Gasteiger partial charge in [-0.2, -0.15) is 0 Å². The van der Waals surface area contributed by atoms with E-state index in [1.165, 1.54) is 0 Å². The second-order valence-electron chi connectivity index (χ2n) is 7.23. The molecular formula is C23H33IN4O3. The molecule has 2 N–H and O–H groups in total. The number of halogens is 1. The van der Waals surface area contributed by atoms with E-state index in [2.05, 4.69) is 32.7 Å². The molecule has 7 nitrogen and oxygen atoms in total. The Hall–Kier alpha value is -2.20. The number of nitrogens with one attached hydrogen (secondary N) is 2. The summed E-state index contributed by atoms with van der Waals surface area (Å²) in [6.07, 6.45) is 0.987. The topological polar surface area (TPSA) is 67.4 Å². The van der Waals surface area contributed by atoms with Crippen molar-refractivity contribution in [3.05, 3.63) is 54.1 Å². The smallest absolute Gasteiger partial charge is 0.191 e. The number of hydrogen-bond donors (Lipinski definition) is 2. The summed E-state index contributed by atoms with van der Waals surface area (Å²) < 4.78 is 16.5. The summed E-state index contributed by atoms with van der Waals surface area (Å²) in [6.45, 7) is 2.48. The molecule has 1 heterocycles. The summed E-state index contributed by atoms with van der Waals surface area (Å²) in [4.78, 5) is 6.72. The lowest BCUT2D eigenvalue weighted by molar-refractivity contribution is 0.106. The molecule has 8 heteroatoms. The van der Waals surface area contributed by atoms with Crippen LogP contribution in [0.2, 0.25) is 0 Å². The largest absolute Gasteiger partial charge is 0.497 e. The molecule has 31 heavy (non-hydrogen) atoms. The van der Waals surface area contributed by atoms with E-state index in [9.17, 15) is 0 Å². The molecule has 0 spiro atoms. The third-order valence-corrected chi connectivity index (χ3v) is 5.36. The third kappa shape index (κ3) is 6.90. The van der Waals surface area contributed by atoms with Crippen LogP contribution in [0.5, 0.6) is 11.5 Å². The standard InChI is InChI=1S/C23H32N4O3.HI/c1-24-23(25-15-22(30-4)17-8-6-5-7-9-17)26-18-10-11-27(16-18)19-12-20(28-2)14-21(13-19)29-3;/h5-9,12-14,18,22H,10-11,15-16H2,1-4H3,(H2,24,25,26);1H. The number of methoxy groups -OCH3 is 3. The molecule has 2 atom stereocenters. The van der Waals surface area contributed by atoms with Gasteiger partial charge in [0.15, 0.2) is 5.96 Å². The summed E-state index contributed by atoms with van der Waals surface area (Å²) in [6, 6.07) is 16.5. The lowest BCUT2D eigenvalue weighted by Crippen LogP contribution is -2.45. The van der Waals surface area contributed by atoms with Crippen molar-refractivity contribution in [3.8, 4) is 11.5 Å². The van der Waals surface area contributed by atoms with E-state index in [4.69, 9.17) is 14.2 Å². The first-order valence-corrected chi connectivity index (χ1v) is 10.2. The van der Waals surface area contributed by atoms with E-state index >= 15 is 0 Å². The van der Waals surface area contributed by atoms with Gasteiger partial charge in [-0.3, -0.25) is 4.99 Å². The molecule has 1 aliphatic rings. The molecule has 0 radical (unpaired) electrons. The number of aliphatic imine (C=N–C) groups is 1. The Bertz CT molecular complexity index is 813. The number of benzene rings is 2. The molecular weight excluding hydrogens is 507 g/mol. The van der Waals surface area contributed by atoms with Crippen LogP contribution in [0.15, 0.2) is 53.5 Å². The quantitative estimate of drug-likeness (QED) is 0.304. The van der Waals surface area contributed by atoms with Crippen molar-refractivity contribution in [1.82, 2.24) is 10.6 Å². The van der Waals surface area contributed by atoms with E-state index in [-0.39, 0.29) is 30.1 Å². The normalized spacial score (nSPS) is 17.0. The lowest BCUT2D eigenvalue weighted by atomic mass is 10.1. The van der Waals surface area contributed by atoms with Gasteiger partial charge in [0, 0.05) is 63.7 Å². The minimum Gasteiger partial charge on any atom is -0.497 e. The maximum absolute atomic E-state index is 5.64. The second-order valence-corrected chi connectivity index (χ2v) is 7.23. The van der Waals surface area contributed by atoms with Gasteiger partial charge in [-0.15, -0.1) is 24.0 Å². The average Bonchev–Trinajstić information content (AvgIpc) is 3.27. The Morgan fingerprint density at radius 1 is 1.10 bits per heavy atom. The molecule has 0 aromatic heterocycles. The van der Waals surface area contributed by atoms with Gasteiger partial charge in [-0.25, -0.2) is 0 Å². The number of nitrogens with zero attached hydrogens (tertiary/aromatic N) is 2. The lowest BCUT2D eigenvalue weighted by Gasteiger charge is -2.22. The van der Waals surface area contributed by atoms with Crippen molar-refractivity contribution in [2.45, 2.75) is 18.6 Å². The fraction of sp³-hybridized carbons (Fsp3) is 0.435. The van der Waals surface area contributed by atoms with Crippen LogP contribution < -0.4 is 25.0 Å². The minimum atomic E-state index is -0.0333. The van der Waals surface area contributed by atoms with E-state index < -0.39 is 0 Å².